The molecule has 21 heavy (non-hydrogen) atoms. The van der Waals surface area contributed by atoms with Crippen LogP contribution >= 0.6 is 0 Å². The van der Waals surface area contributed by atoms with E-state index in [0.29, 0.717) is 12.4 Å². The SMILES string of the molecule is CC1=Nc2c([nH]c(=O)[nH]c2=O)N(Cc2ccccc2)C1C. The van der Waals surface area contributed by atoms with E-state index in [4.69, 9.17) is 0 Å². The fourth-order valence-electron chi connectivity index (χ4n) is 2.46. The molecule has 0 amide bonds. The highest BCUT2D eigenvalue weighted by Crippen LogP contribution is 2.29. The van der Waals surface area contributed by atoms with Gasteiger partial charge in [0, 0.05) is 12.3 Å². The number of aromatic amines is 2. The highest BCUT2D eigenvalue weighted by molar-refractivity contribution is 5.95. The van der Waals surface area contributed by atoms with Crippen molar-refractivity contribution in [1.29, 1.82) is 0 Å². The number of anilines is 1. The fraction of sp³-hybridized carbons (Fsp3) is 0.267. The maximum atomic E-state index is 11.9. The lowest BCUT2D eigenvalue weighted by molar-refractivity contribution is 0.726. The maximum Gasteiger partial charge on any atom is 0.327 e. The van der Waals surface area contributed by atoms with Crippen LogP contribution in [0.3, 0.4) is 0 Å². The van der Waals surface area contributed by atoms with E-state index < -0.39 is 11.2 Å². The number of benzene rings is 1. The number of aromatic nitrogens is 2. The van der Waals surface area contributed by atoms with Crippen molar-refractivity contribution in [2.45, 2.75) is 26.4 Å². The van der Waals surface area contributed by atoms with E-state index in [1.54, 1.807) is 0 Å². The first kappa shape index (κ1) is 13.4. The summed E-state index contributed by atoms with van der Waals surface area (Å²) in [4.78, 5) is 34.7. The van der Waals surface area contributed by atoms with Crippen molar-refractivity contribution in [3.8, 4) is 0 Å². The second-order valence-electron chi connectivity index (χ2n) is 5.15. The molecule has 2 heterocycles. The molecule has 6 heteroatoms. The van der Waals surface area contributed by atoms with Gasteiger partial charge in [-0.1, -0.05) is 30.3 Å². The molecule has 0 saturated carbocycles. The van der Waals surface area contributed by atoms with Crippen LogP contribution in [0.15, 0.2) is 44.9 Å². The Morgan fingerprint density at radius 1 is 1.19 bits per heavy atom. The summed E-state index contributed by atoms with van der Waals surface area (Å²) in [6, 6.07) is 9.92. The molecule has 0 fully saturated rings. The van der Waals surface area contributed by atoms with Gasteiger partial charge in [0.25, 0.3) is 5.56 Å². The van der Waals surface area contributed by atoms with E-state index in [1.165, 1.54) is 0 Å². The Morgan fingerprint density at radius 2 is 1.90 bits per heavy atom. The minimum absolute atomic E-state index is 0.00940. The van der Waals surface area contributed by atoms with Gasteiger partial charge in [-0.05, 0) is 19.4 Å². The van der Waals surface area contributed by atoms with Crippen molar-refractivity contribution in [2.24, 2.45) is 4.99 Å². The van der Waals surface area contributed by atoms with Crippen LogP contribution in [0.25, 0.3) is 0 Å². The number of hydrogen-bond donors (Lipinski definition) is 2. The average molecular weight is 284 g/mol. The molecule has 6 nitrogen and oxygen atoms in total. The first-order chi connectivity index (χ1) is 10.1. The van der Waals surface area contributed by atoms with Crippen LogP contribution < -0.4 is 16.1 Å². The Hall–Kier alpha value is -2.63. The summed E-state index contributed by atoms with van der Waals surface area (Å²) in [5.74, 6) is 0.478. The number of nitrogens with one attached hydrogen (secondary N) is 2. The van der Waals surface area contributed by atoms with Crippen LogP contribution in [0.1, 0.15) is 19.4 Å². The van der Waals surface area contributed by atoms with Crippen molar-refractivity contribution in [3.63, 3.8) is 0 Å². The van der Waals surface area contributed by atoms with Crippen LogP contribution in [0.4, 0.5) is 11.5 Å². The van der Waals surface area contributed by atoms with Crippen molar-refractivity contribution >= 4 is 17.2 Å². The second-order valence-corrected chi connectivity index (χ2v) is 5.15. The normalized spacial score (nSPS) is 17.3. The van der Waals surface area contributed by atoms with Gasteiger partial charge in [-0.25, -0.2) is 9.79 Å². The Labute approximate surface area is 121 Å². The predicted molar refractivity (Wildman–Crippen MR) is 82.5 cm³/mol. The molecule has 1 aromatic carbocycles. The molecular weight excluding hydrogens is 268 g/mol. The smallest absolute Gasteiger partial charge is 0.327 e. The zero-order chi connectivity index (χ0) is 15.0. The number of aliphatic imine (C=N–C) groups is 1. The third-order valence-electron chi connectivity index (χ3n) is 3.74. The van der Waals surface area contributed by atoms with Gasteiger partial charge < -0.3 is 4.90 Å². The zero-order valence-corrected chi connectivity index (χ0v) is 11.9. The van der Waals surface area contributed by atoms with E-state index in [0.717, 1.165) is 11.3 Å². The number of fused-ring (bicyclic) bond motifs is 1. The quantitative estimate of drug-likeness (QED) is 0.878. The predicted octanol–water partition coefficient (Wildman–Crippen LogP) is 1.56. The molecule has 3 rings (SSSR count). The molecule has 1 aliphatic rings. The summed E-state index contributed by atoms with van der Waals surface area (Å²) in [6.07, 6.45) is 0. The second kappa shape index (κ2) is 5.05. The van der Waals surface area contributed by atoms with Crippen LogP contribution in [0, 0.1) is 0 Å². The third-order valence-corrected chi connectivity index (χ3v) is 3.74. The van der Waals surface area contributed by atoms with Gasteiger partial charge in [0.15, 0.2) is 5.69 Å². The number of nitrogens with zero attached hydrogens (tertiary/aromatic N) is 2. The number of rotatable bonds is 2. The average Bonchev–Trinajstić information content (AvgIpc) is 2.46. The molecule has 0 aliphatic carbocycles. The minimum atomic E-state index is -0.515. The highest BCUT2D eigenvalue weighted by Gasteiger charge is 2.27. The lowest BCUT2D eigenvalue weighted by Crippen LogP contribution is -2.43. The first-order valence-electron chi connectivity index (χ1n) is 6.78. The summed E-state index contributed by atoms with van der Waals surface area (Å²) >= 11 is 0. The van der Waals surface area contributed by atoms with Crippen LogP contribution in [0.2, 0.25) is 0 Å². The molecule has 1 atom stereocenters. The van der Waals surface area contributed by atoms with E-state index in [9.17, 15) is 9.59 Å². The molecule has 1 aromatic heterocycles. The fourth-order valence-corrected chi connectivity index (χ4v) is 2.46. The van der Waals surface area contributed by atoms with Gasteiger partial charge in [-0.2, -0.15) is 0 Å². The van der Waals surface area contributed by atoms with Crippen molar-refractivity contribution in [2.75, 3.05) is 4.90 Å². The molecular formula is C15H16N4O2. The van der Waals surface area contributed by atoms with E-state index in [2.05, 4.69) is 15.0 Å². The van der Waals surface area contributed by atoms with Gasteiger partial charge in [-0.3, -0.25) is 14.8 Å². The largest absolute Gasteiger partial charge is 0.344 e. The Morgan fingerprint density at radius 3 is 2.62 bits per heavy atom. The zero-order valence-electron chi connectivity index (χ0n) is 11.9. The summed E-state index contributed by atoms with van der Waals surface area (Å²) in [5, 5.41) is 0. The summed E-state index contributed by atoms with van der Waals surface area (Å²) < 4.78 is 0. The number of H-pyrrole nitrogens is 2. The van der Waals surface area contributed by atoms with Crippen LogP contribution in [-0.2, 0) is 6.54 Å². The van der Waals surface area contributed by atoms with Gasteiger partial charge in [0.05, 0.1) is 6.04 Å². The van der Waals surface area contributed by atoms with Gasteiger partial charge >= 0.3 is 5.69 Å². The van der Waals surface area contributed by atoms with Crippen molar-refractivity contribution in [3.05, 3.63) is 56.7 Å². The molecule has 2 aromatic rings. The monoisotopic (exact) mass is 284 g/mol. The Kier molecular flexibility index (Phi) is 3.21. The summed E-state index contributed by atoms with van der Waals surface area (Å²) in [6.45, 7) is 4.49. The van der Waals surface area contributed by atoms with E-state index in [-0.39, 0.29) is 11.7 Å². The standard InChI is InChI=1S/C15H16N4O2/c1-9-10(2)19(8-11-6-4-3-5-7-11)13-12(16-9)14(20)18-15(21)17-13/h3-7,10H,8H2,1-2H3,(H2,17,18,20,21). The summed E-state index contributed by atoms with van der Waals surface area (Å²) in [7, 11) is 0. The van der Waals surface area contributed by atoms with Gasteiger partial charge in [0.2, 0.25) is 0 Å². The Bertz CT molecular complexity index is 804. The molecule has 1 unspecified atom stereocenters. The molecule has 0 saturated heterocycles. The van der Waals surface area contributed by atoms with E-state index >= 15 is 0 Å². The molecule has 1 aliphatic heterocycles. The van der Waals surface area contributed by atoms with Crippen molar-refractivity contribution in [1.82, 2.24) is 9.97 Å². The molecule has 108 valence electrons. The maximum absolute atomic E-state index is 11.9. The van der Waals surface area contributed by atoms with E-state index in [1.807, 2.05) is 49.1 Å². The van der Waals surface area contributed by atoms with Crippen molar-refractivity contribution < 1.29 is 0 Å². The van der Waals surface area contributed by atoms with Crippen LogP contribution in [-0.4, -0.2) is 21.7 Å². The summed E-state index contributed by atoms with van der Waals surface area (Å²) in [5.41, 5.74) is 1.24. The van der Waals surface area contributed by atoms with Gasteiger partial charge in [0.1, 0.15) is 5.82 Å². The molecule has 0 spiro atoms. The van der Waals surface area contributed by atoms with Gasteiger partial charge in [-0.15, -0.1) is 0 Å². The Balaban J connectivity index is 2.11. The molecule has 2 N–H and O–H groups in total. The topological polar surface area (TPSA) is 81.3 Å². The molecule has 0 radical (unpaired) electrons. The first-order valence-corrected chi connectivity index (χ1v) is 6.78. The minimum Gasteiger partial charge on any atom is -0.344 e. The number of hydrogen-bond acceptors (Lipinski definition) is 4. The lowest BCUT2D eigenvalue weighted by atomic mass is 10.1. The highest BCUT2D eigenvalue weighted by atomic mass is 16.2. The lowest BCUT2D eigenvalue weighted by Gasteiger charge is -2.34. The van der Waals surface area contributed by atoms with Crippen LogP contribution in [0.5, 0.6) is 0 Å². The molecule has 0 bridgehead atoms. The third kappa shape index (κ3) is 2.40.